The fourth-order valence-electron chi connectivity index (χ4n) is 0.933. The van der Waals surface area contributed by atoms with Gasteiger partial charge in [-0.15, -0.1) is 0 Å². The summed E-state index contributed by atoms with van der Waals surface area (Å²) in [5.74, 6) is -0.572. The zero-order chi connectivity index (χ0) is 11.4. The molecule has 0 aromatic rings. The number of halogens is 3. The fraction of sp³-hybridized carbons (Fsp3) is 0.875. The van der Waals surface area contributed by atoms with Crippen molar-refractivity contribution < 1.29 is 18.0 Å². The van der Waals surface area contributed by atoms with Gasteiger partial charge in [0.25, 0.3) is 0 Å². The number of carbonyl (C=O) groups is 1. The Morgan fingerprint density at radius 1 is 1.43 bits per heavy atom. The van der Waals surface area contributed by atoms with Crippen LogP contribution >= 0.6 is 0 Å². The van der Waals surface area contributed by atoms with Crippen molar-refractivity contribution in [3.05, 3.63) is 0 Å². The lowest BCUT2D eigenvalue weighted by Crippen LogP contribution is -2.44. The number of amides is 1. The van der Waals surface area contributed by atoms with Crippen LogP contribution in [0.3, 0.4) is 0 Å². The number of nitrogens with two attached hydrogens (primary N) is 1. The molecule has 0 aromatic heterocycles. The van der Waals surface area contributed by atoms with Crippen molar-refractivity contribution in [1.82, 2.24) is 5.32 Å². The van der Waals surface area contributed by atoms with E-state index < -0.39 is 24.7 Å². The van der Waals surface area contributed by atoms with Crippen LogP contribution in [0.4, 0.5) is 13.2 Å². The van der Waals surface area contributed by atoms with Crippen molar-refractivity contribution in [3.63, 3.8) is 0 Å². The first kappa shape index (κ1) is 13.2. The maximum Gasteiger partial charge on any atom is 0.405 e. The molecule has 3 nitrogen and oxygen atoms in total. The molecule has 0 aliphatic carbocycles. The number of alkyl halides is 3. The molecular weight excluding hydrogens is 197 g/mol. The highest BCUT2D eigenvalue weighted by molar-refractivity contribution is 5.81. The number of nitrogens with one attached hydrogen (secondary N) is 1. The Balaban J connectivity index is 3.85. The van der Waals surface area contributed by atoms with Crippen LogP contribution in [0.5, 0.6) is 0 Å². The summed E-state index contributed by atoms with van der Waals surface area (Å²) in [6, 6.07) is -0.864. The van der Waals surface area contributed by atoms with Gasteiger partial charge in [-0.1, -0.05) is 13.8 Å². The van der Waals surface area contributed by atoms with E-state index in [4.69, 9.17) is 5.73 Å². The van der Waals surface area contributed by atoms with Gasteiger partial charge in [0, 0.05) is 0 Å². The van der Waals surface area contributed by atoms with Gasteiger partial charge in [0.2, 0.25) is 5.91 Å². The summed E-state index contributed by atoms with van der Waals surface area (Å²) in [6.45, 7) is 2.37. The second-order valence-corrected chi connectivity index (χ2v) is 3.57. The molecule has 0 aliphatic heterocycles. The van der Waals surface area contributed by atoms with Crippen molar-refractivity contribution in [3.8, 4) is 0 Å². The number of hydrogen-bond acceptors (Lipinski definition) is 2. The van der Waals surface area contributed by atoms with Gasteiger partial charge in [-0.3, -0.25) is 4.79 Å². The number of hydrogen-bond donors (Lipinski definition) is 2. The summed E-state index contributed by atoms with van der Waals surface area (Å²) in [4.78, 5) is 11.0. The standard InChI is InChI=1S/C8H15F3N2O/c1-5(2)3-6(12)7(14)13-4-8(9,10)11/h5-6H,3-4,12H2,1-2H3,(H,13,14)/t6-/m0/s1. The molecule has 0 radical (unpaired) electrons. The van der Waals surface area contributed by atoms with E-state index in [1.54, 1.807) is 5.32 Å². The average molecular weight is 212 g/mol. The minimum Gasteiger partial charge on any atom is -0.346 e. The van der Waals surface area contributed by atoms with E-state index in [2.05, 4.69) is 0 Å². The molecule has 14 heavy (non-hydrogen) atoms. The molecule has 0 aliphatic rings. The molecule has 84 valence electrons. The third kappa shape index (κ3) is 6.71. The highest BCUT2D eigenvalue weighted by atomic mass is 19.4. The molecule has 0 unspecified atom stereocenters. The molecule has 6 heteroatoms. The first-order chi connectivity index (χ1) is 6.22. The zero-order valence-electron chi connectivity index (χ0n) is 8.19. The van der Waals surface area contributed by atoms with Gasteiger partial charge in [-0.2, -0.15) is 13.2 Å². The monoisotopic (exact) mass is 212 g/mol. The van der Waals surface area contributed by atoms with Crippen LogP contribution in [0.25, 0.3) is 0 Å². The predicted octanol–water partition coefficient (Wildman–Crippen LogP) is 1.04. The number of carbonyl (C=O) groups excluding carboxylic acids is 1. The second-order valence-electron chi connectivity index (χ2n) is 3.57. The van der Waals surface area contributed by atoms with E-state index in [0.29, 0.717) is 6.42 Å². The minimum atomic E-state index is -4.38. The van der Waals surface area contributed by atoms with Gasteiger partial charge in [-0.25, -0.2) is 0 Å². The van der Waals surface area contributed by atoms with E-state index in [-0.39, 0.29) is 5.92 Å². The Kier molecular flexibility index (Phi) is 4.90. The van der Waals surface area contributed by atoms with Gasteiger partial charge in [0.15, 0.2) is 0 Å². The predicted molar refractivity (Wildman–Crippen MR) is 46.5 cm³/mol. The summed E-state index contributed by atoms with van der Waals surface area (Å²) >= 11 is 0. The van der Waals surface area contributed by atoms with Gasteiger partial charge >= 0.3 is 6.18 Å². The van der Waals surface area contributed by atoms with Gasteiger partial charge < -0.3 is 11.1 Å². The Bertz CT molecular complexity index is 192. The largest absolute Gasteiger partial charge is 0.405 e. The van der Waals surface area contributed by atoms with E-state index in [0.717, 1.165) is 0 Å². The van der Waals surface area contributed by atoms with E-state index in [1.165, 1.54) is 0 Å². The van der Waals surface area contributed by atoms with Crippen LogP contribution in [-0.4, -0.2) is 24.7 Å². The summed E-state index contributed by atoms with van der Waals surface area (Å²) in [7, 11) is 0. The van der Waals surface area contributed by atoms with Crippen molar-refractivity contribution in [2.75, 3.05) is 6.54 Å². The molecule has 0 saturated carbocycles. The first-order valence-corrected chi connectivity index (χ1v) is 4.32. The molecule has 0 bridgehead atoms. The van der Waals surface area contributed by atoms with Crippen LogP contribution in [0, 0.1) is 5.92 Å². The average Bonchev–Trinajstić information content (AvgIpc) is 1.97. The smallest absolute Gasteiger partial charge is 0.346 e. The Labute approximate surface area is 80.8 Å². The molecule has 0 aromatic carbocycles. The summed E-state index contributed by atoms with van der Waals surface area (Å²) < 4.78 is 35.1. The third-order valence-electron chi connectivity index (χ3n) is 1.53. The molecule has 1 amide bonds. The molecule has 0 fully saturated rings. The maximum absolute atomic E-state index is 11.7. The van der Waals surface area contributed by atoms with Crippen LogP contribution in [0.1, 0.15) is 20.3 Å². The van der Waals surface area contributed by atoms with Gasteiger partial charge in [0.05, 0.1) is 6.04 Å². The molecule has 3 N–H and O–H groups in total. The highest BCUT2D eigenvalue weighted by Gasteiger charge is 2.28. The minimum absolute atomic E-state index is 0.182. The number of rotatable bonds is 4. The van der Waals surface area contributed by atoms with E-state index in [1.807, 2.05) is 13.8 Å². The highest BCUT2D eigenvalue weighted by Crippen LogP contribution is 2.12. The lowest BCUT2D eigenvalue weighted by molar-refractivity contribution is -0.139. The van der Waals surface area contributed by atoms with Gasteiger partial charge in [-0.05, 0) is 12.3 Å². The van der Waals surface area contributed by atoms with Crippen LogP contribution in [0.15, 0.2) is 0 Å². The molecule has 1 atom stereocenters. The fourth-order valence-corrected chi connectivity index (χ4v) is 0.933. The van der Waals surface area contributed by atoms with Crippen molar-refractivity contribution in [1.29, 1.82) is 0 Å². The molecular formula is C8H15F3N2O. The summed E-state index contributed by atoms with van der Waals surface area (Å²) in [5.41, 5.74) is 5.37. The molecule has 0 spiro atoms. The van der Waals surface area contributed by atoms with Crippen molar-refractivity contribution >= 4 is 5.91 Å². The quantitative estimate of drug-likeness (QED) is 0.731. The second kappa shape index (κ2) is 5.19. The summed E-state index contributed by atoms with van der Waals surface area (Å²) in [5, 5.41) is 1.74. The molecule has 0 saturated heterocycles. The molecule has 0 rings (SSSR count). The SMILES string of the molecule is CC(C)C[C@H](N)C(=O)NCC(F)(F)F. The lowest BCUT2D eigenvalue weighted by Gasteiger charge is -2.14. The zero-order valence-corrected chi connectivity index (χ0v) is 8.19. The Hall–Kier alpha value is -0.780. The van der Waals surface area contributed by atoms with Crippen LogP contribution in [0.2, 0.25) is 0 Å². The van der Waals surface area contributed by atoms with Crippen LogP contribution in [-0.2, 0) is 4.79 Å². The van der Waals surface area contributed by atoms with Crippen molar-refractivity contribution in [2.24, 2.45) is 11.7 Å². The van der Waals surface area contributed by atoms with Crippen LogP contribution < -0.4 is 11.1 Å². The Morgan fingerprint density at radius 3 is 2.29 bits per heavy atom. The van der Waals surface area contributed by atoms with E-state index >= 15 is 0 Å². The first-order valence-electron chi connectivity index (χ1n) is 4.32. The molecule has 0 heterocycles. The Morgan fingerprint density at radius 2 is 1.93 bits per heavy atom. The van der Waals surface area contributed by atoms with Crippen molar-refractivity contribution in [2.45, 2.75) is 32.5 Å². The normalized spacial score (nSPS) is 14.2. The maximum atomic E-state index is 11.7. The topological polar surface area (TPSA) is 55.1 Å². The van der Waals surface area contributed by atoms with E-state index in [9.17, 15) is 18.0 Å². The van der Waals surface area contributed by atoms with Gasteiger partial charge in [0.1, 0.15) is 6.54 Å². The summed E-state index contributed by atoms with van der Waals surface area (Å²) in [6.07, 6.45) is -4.00. The lowest BCUT2D eigenvalue weighted by atomic mass is 10.0. The third-order valence-corrected chi connectivity index (χ3v) is 1.53.